The van der Waals surface area contributed by atoms with Gasteiger partial charge in [0.1, 0.15) is 11.5 Å². The molecule has 1 saturated heterocycles. The minimum atomic E-state index is -3.74. The van der Waals surface area contributed by atoms with Crippen molar-refractivity contribution in [2.24, 2.45) is 0 Å². The zero-order valence-corrected chi connectivity index (χ0v) is 18.9. The van der Waals surface area contributed by atoms with E-state index < -0.39 is 16.1 Å². The van der Waals surface area contributed by atoms with Gasteiger partial charge in [0, 0.05) is 38.3 Å². The van der Waals surface area contributed by atoms with Crippen LogP contribution in [0.1, 0.15) is 12.5 Å². The maximum atomic E-state index is 12.8. The van der Waals surface area contributed by atoms with Crippen molar-refractivity contribution in [3.63, 3.8) is 0 Å². The molecule has 1 aliphatic rings. The summed E-state index contributed by atoms with van der Waals surface area (Å²) in [6.45, 7) is 4.69. The fourth-order valence-electron chi connectivity index (χ4n) is 3.60. The molecule has 0 aromatic heterocycles. The van der Waals surface area contributed by atoms with Gasteiger partial charge in [-0.15, -0.1) is 0 Å². The monoisotopic (exact) mass is 447 g/mol. The molecule has 168 valence electrons. The van der Waals surface area contributed by atoms with Crippen LogP contribution in [0, 0.1) is 0 Å². The minimum absolute atomic E-state index is 0.145. The topological polar surface area (TPSA) is 88.2 Å². The van der Waals surface area contributed by atoms with E-state index in [0.29, 0.717) is 32.7 Å². The fraction of sp³-hybridized carbons (Fsp3) is 0.409. The molecule has 0 aliphatic carbocycles. The van der Waals surface area contributed by atoms with Crippen molar-refractivity contribution >= 4 is 15.9 Å². The number of piperazine rings is 1. The van der Waals surface area contributed by atoms with Crippen LogP contribution in [0.2, 0.25) is 0 Å². The fourth-order valence-corrected chi connectivity index (χ4v) is 4.82. The summed E-state index contributed by atoms with van der Waals surface area (Å²) >= 11 is 0. The van der Waals surface area contributed by atoms with Gasteiger partial charge in [-0.2, -0.15) is 4.72 Å². The third-order valence-electron chi connectivity index (χ3n) is 5.32. The first kappa shape index (κ1) is 23.1. The highest BCUT2D eigenvalue weighted by Crippen LogP contribution is 2.25. The molecule has 0 bridgehead atoms. The first-order chi connectivity index (χ1) is 14.8. The number of benzene rings is 2. The Morgan fingerprint density at radius 3 is 2.32 bits per heavy atom. The normalized spacial score (nSPS) is 16.0. The Morgan fingerprint density at radius 2 is 1.71 bits per heavy atom. The molecule has 1 heterocycles. The van der Waals surface area contributed by atoms with Gasteiger partial charge in [-0.25, -0.2) is 8.42 Å². The Balaban J connectivity index is 1.56. The van der Waals surface area contributed by atoms with E-state index in [4.69, 9.17) is 9.47 Å². The number of hydrogen-bond acceptors (Lipinski definition) is 6. The summed E-state index contributed by atoms with van der Waals surface area (Å²) in [5, 5.41) is 0. The molecular weight excluding hydrogens is 418 g/mol. The number of carbonyl (C=O) groups excluding carboxylic acids is 1. The maximum Gasteiger partial charge on any atom is 0.241 e. The zero-order chi connectivity index (χ0) is 22.4. The van der Waals surface area contributed by atoms with E-state index in [1.807, 2.05) is 18.2 Å². The quantitative estimate of drug-likeness (QED) is 0.663. The SMILES string of the molecule is COc1ccc(OC)c(CN2CCN(C(=O)[C@H](C)NS(=O)(=O)c3ccccc3)CC2)c1. The number of nitrogens with zero attached hydrogens (tertiary/aromatic N) is 2. The minimum Gasteiger partial charge on any atom is -0.497 e. The Labute approximate surface area is 183 Å². The maximum absolute atomic E-state index is 12.8. The number of methoxy groups -OCH3 is 2. The lowest BCUT2D eigenvalue weighted by Gasteiger charge is -2.36. The third-order valence-corrected chi connectivity index (χ3v) is 6.88. The van der Waals surface area contributed by atoms with Crippen molar-refractivity contribution < 1.29 is 22.7 Å². The molecule has 1 amide bonds. The highest BCUT2D eigenvalue weighted by molar-refractivity contribution is 7.89. The van der Waals surface area contributed by atoms with E-state index in [1.165, 1.54) is 12.1 Å². The van der Waals surface area contributed by atoms with E-state index in [-0.39, 0.29) is 10.8 Å². The number of ether oxygens (including phenoxy) is 2. The van der Waals surface area contributed by atoms with Crippen LogP contribution in [0.5, 0.6) is 11.5 Å². The lowest BCUT2D eigenvalue weighted by atomic mass is 10.1. The van der Waals surface area contributed by atoms with Crippen LogP contribution < -0.4 is 14.2 Å². The van der Waals surface area contributed by atoms with E-state index in [9.17, 15) is 13.2 Å². The summed E-state index contributed by atoms with van der Waals surface area (Å²) in [5.74, 6) is 1.34. The average molecular weight is 448 g/mol. The molecule has 1 atom stereocenters. The van der Waals surface area contributed by atoms with Crippen LogP contribution in [0.3, 0.4) is 0 Å². The molecule has 1 fully saturated rings. The number of amides is 1. The van der Waals surface area contributed by atoms with Crippen molar-refractivity contribution in [3.8, 4) is 11.5 Å². The highest BCUT2D eigenvalue weighted by atomic mass is 32.2. The van der Waals surface area contributed by atoms with E-state index >= 15 is 0 Å². The zero-order valence-electron chi connectivity index (χ0n) is 18.1. The van der Waals surface area contributed by atoms with Crippen molar-refractivity contribution in [2.45, 2.75) is 24.4 Å². The molecule has 3 rings (SSSR count). The van der Waals surface area contributed by atoms with Gasteiger partial charge in [0.05, 0.1) is 25.2 Å². The summed E-state index contributed by atoms with van der Waals surface area (Å²) in [6, 6.07) is 12.9. The number of carbonyl (C=O) groups is 1. The summed E-state index contributed by atoms with van der Waals surface area (Å²) in [5.41, 5.74) is 1.02. The van der Waals surface area contributed by atoms with Gasteiger partial charge in [-0.3, -0.25) is 9.69 Å². The third kappa shape index (κ3) is 5.75. The van der Waals surface area contributed by atoms with Gasteiger partial charge < -0.3 is 14.4 Å². The molecule has 0 radical (unpaired) electrons. The summed E-state index contributed by atoms with van der Waals surface area (Å²) < 4.78 is 38.2. The second kappa shape index (κ2) is 10.1. The van der Waals surface area contributed by atoms with E-state index in [2.05, 4.69) is 9.62 Å². The van der Waals surface area contributed by atoms with Crippen LogP contribution in [0.4, 0.5) is 0 Å². The average Bonchev–Trinajstić information content (AvgIpc) is 2.79. The second-order valence-electron chi connectivity index (χ2n) is 7.44. The van der Waals surface area contributed by atoms with Crippen LogP contribution >= 0.6 is 0 Å². The molecule has 1 aliphatic heterocycles. The Kier molecular flexibility index (Phi) is 7.53. The second-order valence-corrected chi connectivity index (χ2v) is 9.15. The van der Waals surface area contributed by atoms with Gasteiger partial charge in [0.15, 0.2) is 0 Å². The standard InChI is InChI=1S/C22H29N3O5S/c1-17(23-31(27,28)20-7-5-4-6-8-20)22(26)25-13-11-24(12-14-25)16-18-15-19(29-2)9-10-21(18)30-3/h4-10,15,17,23H,11-14,16H2,1-3H3/t17-/m0/s1. The Hall–Kier alpha value is -2.62. The Morgan fingerprint density at radius 1 is 1.03 bits per heavy atom. The van der Waals surface area contributed by atoms with E-state index in [1.54, 1.807) is 44.2 Å². The molecule has 2 aromatic carbocycles. The predicted octanol–water partition coefficient (Wildman–Crippen LogP) is 1.71. The molecule has 0 saturated carbocycles. The van der Waals surface area contributed by atoms with E-state index in [0.717, 1.165) is 17.1 Å². The summed E-state index contributed by atoms with van der Waals surface area (Å²) in [4.78, 5) is 16.9. The molecule has 0 spiro atoms. The molecule has 2 aromatic rings. The first-order valence-corrected chi connectivity index (χ1v) is 11.6. The van der Waals surface area contributed by atoms with Gasteiger partial charge in [0.2, 0.25) is 15.9 Å². The van der Waals surface area contributed by atoms with Crippen LogP contribution in [-0.4, -0.2) is 70.6 Å². The van der Waals surface area contributed by atoms with Gasteiger partial charge >= 0.3 is 0 Å². The molecule has 0 unspecified atom stereocenters. The van der Waals surface area contributed by atoms with Crippen LogP contribution in [0.25, 0.3) is 0 Å². The van der Waals surface area contributed by atoms with Crippen molar-refractivity contribution in [1.82, 2.24) is 14.5 Å². The lowest BCUT2D eigenvalue weighted by Crippen LogP contribution is -2.53. The van der Waals surface area contributed by atoms with Gasteiger partial charge in [-0.1, -0.05) is 18.2 Å². The lowest BCUT2D eigenvalue weighted by molar-refractivity contribution is -0.134. The summed E-state index contributed by atoms with van der Waals surface area (Å²) in [6.07, 6.45) is 0. The molecule has 8 nitrogen and oxygen atoms in total. The molecule has 31 heavy (non-hydrogen) atoms. The molecular formula is C22H29N3O5S. The van der Waals surface area contributed by atoms with Crippen LogP contribution in [0.15, 0.2) is 53.4 Å². The molecule has 9 heteroatoms. The van der Waals surface area contributed by atoms with Crippen molar-refractivity contribution in [1.29, 1.82) is 0 Å². The summed E-state index contributed by atoms with van der Waals surface area (Å²) in [7, 11) is -0.476. The highest BCUT2D eigenvalue weighted by Gasteiger charge is 2.28. The van der Waals surface area contributed by atoms with Crippen LogP contribution in [-0.2, 0) is 21.4 Å². The number of nitrogens with one attached hydrogen (secondary N) is 1. The van der Waals surface area contributed by atoms with Crippen molar-refractivity contribution in [2.75, 3.05) is 40.4 Å². The molecule has 1 N–H and O–H groups in total. The first-order valence-electron chi connectivity index (χ1n) is 10.1. The van der Waals surface area contributed by atoms with Gasteiger partial charge in [0.25, 0.3) is 0 Å². The largest absolute Gasteiger partial charge is 0.497 e. The van der Waals surface area contributed by atoms with Gasteiger partial charge in [-0.05, 0) is 37.3 Å². The number of sulfonamides is 1. The number of hydrogen-bond donors (Lipinski definition) is 1. The smallest absolute Gasteiger partial charge is 0.241 e. The van der Waals surface area contributed by atoms with Crippen molar-refractivity contribution in [3.05, 3.63) is 54.1 Å². The Bertz CT molecular complexity index is 989. The number of rotatable bonds is 8. The predicted molar refractivity (Wildman–Crippen MR) is 118 cm³/mol.